The van der Waals surface area contributed by atoms with Crippen LogP contribution >= 0.6 is 0 Å². The van der Waals surface area contributed by atoms with E-state index in [1.54, 1.807) is 0 Å². The Hall–Kier alpha value is -1.81. The fraction of sp³-hybridized carbons (Fsp3) is 0.357. The van der Waals surface area contributed by atoms with Crippen molar-refractivity contribution in [1.82, 2.24) is 4.98 Å². The highest BCUT2D eigenvalue weighted by molar-refractivity contribution is 5.80. The number of hydrogen-bond acceptors (Lipinski definition) is 3. The summed E-state index contributed by atoms with van der Waals surface area (Å²) in [5.41, 5.74) is 7.20. The van der Waals surface area contributed by atoms with Crippen LogP contribution < -0.4 is 16.0 Å². The minimum atomic E-state index is -0.0658. The number of nitrogens with two attached hydrogens (primary N) is 1. The monoisotopic (exact) mass is 246 g/mol. The summed E-state index contributed by atoms with van der Waals surface area (Å²) in [4.78, 5) is 14.7. The molecule has 0 aliphatic heterocycles. The van der Waals surface area contributed by atoms with Gasteiger partial charge in [-0.2, -0.15) is 0 Å². The molecule has 0 fully saturated rings. The molecule has 1 atom stereocenters. The molecular weight excluding hydrogens is 228 g/mol. The first-order chi connectivity index (χ1) is 8.60. The molecule has 4 nitrogen and oxygen atoms in total. The third-order valence-corrected chi connectivity index (χ3v) is 2.75. The van der Waals surface area contributed by atoms with Crippen LogP contribution in [0.1, 0.15) is 19.4 Å². The summed E-state index contributed by atoms with van der Waals surface area (Å²) in [6, 6.07) is 7.50. The lowest BCUT2D eigenvalue weighted by molar-refractivity contribution is 0.340. The first-order valence-corrected chi connectivity index (χ1v) is 6.14. The number of benzene rings is 1. The van der Waals surface area contributed by atoms with E-state index < -0.39 is 0 Å². The van der Waals surface area contributed by atoms with E-state index in [9.17, 15) is 4.79 Å². The van der Waals surface area contributed by atoms with Crippen LogP contribution in [0.2, 0.25) is 0 Å². The number of nitrogens with one attached hydrogen (secondary N) is 1. The molecule has 1 heterocycles. The second-order valence-electron chi connectivity index (χ2n) is 4.49. The van der Waals surface area contributed by atoms with E-state index in [2.05, 4.69) is 4.98 Å². The van der Waals surface area contributed by atoms with Crippen LogP contribution in [0.4, 0.5) is 0 Å². The average molecular weight is 246 g/mol. The van der Waals surface area contributed by atoms with Crippen molar-refractivity contribution in [2.24, 2.45) is 5.73 Å². The van der Waals surface area contributed by atoms with Gasteiger partial charge >= 0.3 is 0 Å². The Labute approximate surface area is 106 Å². The maximum atomic E-state index is 11.8. The lowest BCUT2D eigenvalue weighted by atomic mass is 10.1. The number of pyridine rings is 1. The van der Waals surface area contributed by atoms with E-state index >= 15 is 0 Å². The summed E-state index contributed by atoms with van der Waals surface area (Å²) in [5, 5.41) is 0.969. The summed E-state index contributed by atoms with van der Waals surface area (Å²) in [6.45, 7) is 4.46. The predicted octanol–water partition coefficient (Wildman–Crippen LogP) is 1.82. The lowest BCUT2D eigenvalue weighted by Gasteiger charge is -2.08. The highest BCUT2D eigenvalue weighted by Crippen LogP contribution is 2.19. The number of fused-ring (bicyclic) bond motifs is 1. The van der Waals surface area contributed by atoms with Crippen LogP contribution in [0.25, 0.3) is 10.9 Å². The summed E-state index contributed by atoms with van der Waals surface area (Å²) in [7, 11) is 0. The maximum Gasteiger partial charge on any atom is 0.251 e. The summed E-state index contributed by atoms with van der Waals surface area (Å²) in [6.07, 6.45) is 0.574. The van der Waals surface area contributed by atoms with Gasteiger partial charge in [0.15, 0.2) is 0 Å². The van der Waals surface area contributed by atoms with Crippen molar-refractivity contribution in [3.05, 3.63) is 40.2 Å². The van der Waals surface area contributed by atoms with Crippen LogP contribution in [0.15, 0.2) is 29.1 Å². The van der Waals surface area contributed by atoms with Gasteiger partial charge in [0.05, 0.1) is 6.61 Å². The molecule has 1 unspecified atom stereocenters. The Kier molecular flexibility index (Phi) is 3.67. The van der Waals surface area contributed by atoms with Crippen molar-refractivity contribution in [1.29, 1.82) is 0 Å². The van der Waals surface area contributed by atoms with E-state index in [4.69, 9.17) is 10.5 Å². The second-order valence-corrected chi connectivity index (χ2v) is 4.49. The highest BCUT2D eigenvalue weighted by atomic mass is 16.5. The molecule has 0 saturated heterocycles. The zero-order valence-corrected chi connectivity index (χ0v) is 10.7. The first kappa shape index (κ1) is 12.6. The lowest BCUT2D eigenvalue weighted by Crippen LogP contribution is -2.23. The smallest absolute Gasteiger partial charge is 0.251 e. The van der Waals surface area contributed by atoms with Crippen molar-refractivity contribution >= 4 is 10.9 Å². The van der Waals surface area contributed by atoms with Crippen LogP contribution in [-0.4, -0.2) is 17.6 Å². The summed E-state index contributed by atoms with van der Waals surface area (Å²) in [5.74, 6) is 0.809. The summed E-state index contributed by atoms with van der Waals surface area (Å²) >= 11 is 0. The van der Waals surface area contributed by atoms with Crippen LogP contribution in [-0.2, 0) is 6.42 Å². The third kappa shape index (κ3) is 2.71. The molecular formula is C14H18N2O2. The molecule has 18 heavy (non-hydrogen) atoms. The fourth-order valence-corrected chi connectivity index (χ4v) is 1.98. The van der Waals surface area contributed by atoms with Gasteiger partial charge in [-0.3, -0.25) is 4.79 Å². The number of hydrogen-bond donors (Lipinski definition) is 2. The van der Waals surface area contributed by atoms with E-state index in [1.165, 1.54) is 0 Å². The van der Waals surface area contributed by atoms with Gasteiger partial charge in [0.2, 0.25) is 0 Å². The molecule has 96 valence electrons. The Balaban J connectivity index is 2.49. The zero-order valence-electron chi connectivity index (χ0n) is 10.7. The Bertz CT molecular complexity index is 602. The maximum absolute atomic E-state index is 11.8. The molecule has 0 saturated carbocycles. The molecule has 0 aliphatic rings. The molecule has 1 aromatic heterocycles. The van der Waals surface area contributed by atoms with E-state index in [1.807, 2.05) is 38.1 Å². The minimum Gasteiger partial charge on any atom is -0.494 e. The molecule has 0 radical (unpaired) electrons. The van der Waals surface area contributed by atoms with Crippen molar-refractivity contribution in [2.75, 3.05) is 6.61 Å². The number of rotatable bonds is 4. The van der Waals surface area contributed by atoms with Crippen LogP contribution in [0.3, 0.4) is 0 Å². The molecule has 0 bridgehead atoms. The van der Waals surface area contributed by atoms with E-state index in [0.29, 0.717) is 18.6 Å². The molecule has 4 heteroatoms. The first-order valence-electron chi connectivity index (χ1n) is 6.14. The van der Waals surface area contributed by atoms with Gasteiger partial charge in [-0.05, 0) is 44.5 Å². The van der Waals surface area contributed by atoms with E-state index in [-0.39, 0.29) is 11.6 Å². The average Bonchev–Trinajstić information content (AvgIpc) is 2.30. The molecule has 1 aromatic carbocycles. The van der Waals surface area contributed by atoms with Gasteiger partial charge in [-0.25, -0.2) is 0 Å². The Morgan fingerprint density at radius 2 is 2.17 bits per heavy atom. The largest absolute Gasteiger partial charge is 0.494 e. The highest BCUT2D eigenvalue weighted by Gasteiger charge is 2.06. The van der Waals surface area contributed by atoms with Crippen LogP contribution in [0.5, 0.6) is 5.75 Å². The number of ether oxygens (including phenoxy) is 1. The summed E-state index contributed by atoms with van der Waals surface area (Å²) < 4.78 is 5.45. The molecule has 2 aromatic rings. The van der Waals surface area contributed by atoms with E-state index in [0.717, 1.165) is 16.7 Å². The van der Waals surface area contributed by atoms with Crippen molar-refractivity contribution < 1.29 is 4.74 Å². The Morgan fingerprint density at radius 1 is 1.39 bits per heavy atom. The van der Waals surface area contributed by atoms with Crippen molar-refractivity contribution in [2.45, 2.75) is 26.3 Å². The number of aromatic amines is 1. The van der Waals surface area contributed by atoms with Gasteiger partial charge in [-0.1, -0.05) is 0 Å². The SMILES string of the molecule is CCOc1ccc2[nH]c(=O)c(CC(C)N)cc2c1. The normalized spacial score (nSPS) is 12.6. The van der Waals surface area contributed by atoms with Gasteiger partial charge in [0, 0.05) is 22.5 Å². The third-order valence-electron chi connectivity index (χ3n) is 2.75. The van der Waals surface area contributed by atoms with Crippen LogP contribution in [0, 0.1) is 0 Å². The second kappa shape index (κ2) is 5.23. The fourth-order valence-electron chi connectivity index (χ4n) is 1.98. The molecule has 0 spiro atoms. The van der Waals surface area contributed by atoms with Crippen molar-refractivity contribution in [3.8, 4) is 5.75 Å². The number of H-pyrrole nitrogens is 1. The molecule has 0 amide bonds. The quantitative estimate of drug-likeness (QED) is 0.864. The minimum absolute atomic E-state index is 0.0291. The topological polar surface area (TPSA) is 68.1 Å². The zero-order chi connectivity index (χ0) is 13.1. The van der Waals surface area contributed by atoms with Gasteiger partial charge in [0.1, 0.15) is 5.75 Å². The predicted molar refractivity (Wildman–Crippen MR) is 73.1 cm³/mol. The van der Waals surface area contributed by atoms with Gasteiger partial charge in [-0.15, -0.1) is 0 Å². The standard InChI is InChI=1S/C14H18N2O2/c1-3-18-12-4-5-13-10(8-12)7-11(6-9(2)15)14(17)16-13/h4-5,7-9H,3,6,15H2,1-2H3,(H,16,17). The molecule has 3 N–H and O–H groups in total. The van der Waals surface area contributed by atoms with Gasteiger partial charge < -0.3 is 15.5 Å². The molecule has 2 rings (SSSR count). The Morgan fingerprint density at radius 3 is 2.83 bits per heavy atom. The number of aromatic nitrogens is 1. The van der Waals surface area contributed by atoms with Gasteiger partial charge in [0.25, 0.3) is 5.56 Å². The molecule has 0 aliphatic carbocycles. The van der Waals surface area contributed by atoms with Crippen molar-refractivity contribution in [3.63, 3.8) is 0 Å².